The number of rotatable bonds is 7. The highest BCUT2D eigenvalue weighted by molar-refractivity contribution is 5.79. The van der Waals surface area contributed by atoms with Crippen LogP contribution in [0.3, 0.4) is 0 Å². The molecule has 0 atom stereocenters. The zero-order chi connectivity index (χ0) is 16.5. The molecule has 0 amide bonds. The molecule has 0 radical (unpaired) electrons. The van der Waals surface area contributed by atoms with Crippen molar-refractivity contribution in [3.05, 3.63) is 17.7 Å². The number of aliphatic imine (C=N–C) groups is 1. The Balaban J connectivity index is 2.88. The van der Waals surface area contributed by atoms with E-state index in [4.69, 9.17) is 9.47 Å². The van der Waals surface area contributed by atoms with Crippen LogP contribution in [-0.2, 0) is 6.54 Å². The van der Waals surface area contributed by atoms with E-state index >= 15 is 0 Å². The average Bonchev–Trinajstić information content (AvgIpc) is 2.50. The van der Waals surface area contributed by atoms with Crippen LogP contribution in [0, 0.1) is 5.92 Å². The minimum Gasteiger partial charge on any atom is -0.502 e. The Morgan fingerprint density at radius 3 is 2.23 bits per heavy atom. The van der Waals surface area contributed by atoms with Crippen LogP contribution in [0.25, 0.3) is 0 Å². The van der Waals surface area contributed by atoms with Gasteiger partial charge in [0.2, 0.25) is 5.75 Å². The molecule has 3 N–H and O–H groups in total. The predicted octanol–water partition coefficient (Wildman–Crippen LogP) is 2.12. The van der Waals surface area contributed by atoms with E-state index in [0.717, 1.165) is 24.6 Å². The van der Waals surface area contributed by atoms with Gasteiger partial charge in [0.05, 0.1) is 20.8 Å². The zero-order valence-corrected chi connectivity index (χ0v) is 14.1. The molecule has 6 nitrogen and oxygen atoms in total. The molecule has 0 aliphatic heterocycles. The van der Waals surface area contributed by atoms with Crippen molar-refractivity contribution < 1.29 is 14.6 Å². The van der Waals surface area contributed by atoms with Gasteiger partial charge in [-0.1, -0.05) is 13.8 Å². The second kappa shape index (κ2) is 9.02. The second-order valence-corrected chi connectivity index (χ2v) is 5.32. The minimum absolute atomic E-state index is 0.00238. The fraction of sp³-hybridized carbons (Fsp3) is 0.562. The van der Waals surface area contributed by atoms with E-state index in [-0.39, 0.29) is 5.75 Å². The number of hydrogen-bond acceptors (Lipinski definition) is 4. The molecule has 22 heavy (non-hydrogen) atoms. The molecule has 0 saturated heterocycles. The molecule has 1 aromatic carbocycles. The summed E-state index contributed by atoms with van der Waals surface area (Å²) in [6, 6.07) is 3.51. The van der Waals surface area contributed by atoms with Crippen molar-refractivity contribution in [2.24, 2.45) is 10.9 Å². The number of hydrogen-bond donors (Lipinski definition) is 3. The van der Waals surface area contributed by atoms with Gasteiger partial charge in [-0.25, -0.2) is 4.99 Å². The number of phenolic OH excluding ortho intramolecular Hbond substituents is 1. The fourth-order valence-corrected chi connectivity index (χ4v) is 1.85. The molecular weight excluding hydrogens is 282 g/mol. The van der Waals surface area contributed by atoms with Gasteiger partial charge in [0.25, 0.3) is 0 Å². The molecule has 0 aromatic heterocycles. The number of methoxy groups -OCH3 is 2. The molecule has 0 bridgehead atoms. The summed E-state index contributed by atoms with van der Waals surface area (Å²) in [5.41, 5.74) is 0.897. The van der Waals surface area contributed by atoms with Crippen LogP contribution in [0.1, 0.15) is 26.3 Å². The van der Waals surface area contributed by atoms with Crippen LogP contribution in [-0.4, -0.2) is 38.4 Å². The molecule has 0 heterocycles. The highest BCUT2D eigenvalue weighted by Gasteiger charge is 2.11. The van der Waals surface area contributed by atoms with Crippen LogP contribution in [0.5, 0.6) is 17.2 Å². The first-order valence-electron chi connectivity index (χ1n) is 7.47. The summed E-state index contributed by atoms with van der Waals surface area (Å²) >= 11 is 0. The monoisotopic (exact) mass is 309 g/mol. The molecule has 0 spiro atoms. The highest BCUT2D eigenvalue weighted by atomic mass is 16.5. The Kier molecular flexibility index (Phi) is 7.36. The Bertz CT molecular complexity index is 476. The van der Waals surface area contributed by atoms with Crippen molar-refractivity contribution in [1.29, 1.82) is 0 Å². The molecule has 0 aliphatic rings. The summed E-state index contributed by atoms with van der Waals surface area (Å²) in [6.07, 6.45) is 0. The van der Waals surface area contributed by atoms with E-state index in [1.165, 1.54) is 14.2 Å². The Labute approximate surface area is 132 Å². The summed E-state index contributed by atoms with van der Waals surface area (Å²) < 4.78 is 10.3. The molecule has 0 saturated carbocycles. The van der Waals surface area contributed by atoms with Gasteiger partial charge in [0, 0.05) is 13.1 Å². The number of nitrogens with zero attached hydrogens (tertiary/aromatic N) is 1. The fourth-order valence-electron chi connectivity index (χ4n) is 1.85. The first kappa shape index (κ1) is 17.9. The number of benzene rings is 1. The van der Waals surface area contributed by atoms with Gasteiger partial charge in [-0.3, -0.25) is 0 Å². The molecule has 1 rings (SSSR count). The SMILES string of the molecule is CCNC(=NCc1cc(OC)c(O)c(OC)c1)NCC(C)C. The van der Waals surface area contributed by atoms with Gasteiger partial charge in [0.15, 0.2) is 17.5 Å². The third kappa shape index (κ3) is 5.35. The van der Waals surface area contributed by atoms with Crippen LogP contribution in [0.15, 0.2) is 17.1 Å². The molecule has 0 aliphatic carbocycles. The second-order valence-electron chi connectivity index (χ2n) is 5.32. The van der Waals surface area contributed by atoms with Gasteiger partial charge < -0.3 is 25.2 Å². The Morgan fingerprint density at radius 2 is 1.77 bits per heavy atom. The number of ether oxygens (including phenoxy) is 2. The first-order chi connectivity index (χ1) is 10.5. The van der Waals surface area contributed by atoms with E-state index in [9.17, 15) is 5.11 Å². The van der Waals surface area contributed by atoms with Crippen molar-refractivity contribution in [3.63, 3.8) is 0 Å². The summed E-state index contributed by atoms with van der Waals surface area (Å²) in [5, 5.41) is 16.4. The number of aromatic hydroxyl groups is 1. The number of phenols is 1. The molecule has 124 valence electrons. The maximum Gasteiger partial charge on any atom is 0.200 e. The third-order valence-corrected chi connectivity index (χ3v) is 2.98. The smallest absolute Gasteiger partial charge is 0.200 e. The van der Waals surface area contributed by atoms with Gasteiger partial charge >= 0.3 is 0 Å². The average molecular weight is 309 g/mol. The van der Waals surface area contributed by atoms with Crippen LogP contribution in [0.2, 0.25) is 0 Å². The Hall–Kier alpha value is -2.11. The normalized spacial score (nSPS) is 11.5. The van der Waals surface area contributed by atoms with Crippen molar-refractivity contribution in [1.82, 2.24) is 10.6 Å². The predicted molar refractivity (Wildman–Crippen MR) is 88.9 cm³/mol. The lowest BCUT2D eigenvalue weighted by Crippen LogP contribution is -2.39. The van der Waals surface area contributed by atoms with Crippen molar-refractivity contribution >= 4 is 5.96 Å². The molecule has 1 aromatic rings. The maximum absolute atomic E-state index is 9.91. The van der Waals surface area contributed by atoms with Gasteiger partial charge in [-0.05, 0) is 30.5 Å². The molecule has 6 heteroatoms. The minimum atomic E-state index is 0.00238. The van der Waals surface area contributed by atoms with Crippen molar-refractivity contribution in [3.8, 4) is 17.2 Å². The largest absolute Gasteiger partial charge is 0.502 e. The van der Waals surface area contributed by atoms with E-state index in [1.807, 2.05) is 6.92 Å². The van der Waals surface area contributed by atoms with Crippen molar-refractivity contribution in [2.45, 2.75) is 27.3 Å². The molecule has 0 fully saturated rings. The highest BCUT2D eigenvalue weighted by Crippen LogP contribution is 2.37. The van der Waals surface area contributed by atoms with Gasteiger partial charge in [-0.2, -0.15) is 0 Å². The summed E-state index contributed by atoms with van der Waals surface area (Å²) in [6.45, 7) is 8.43. The molecule has 0 unspecified atom stereocenters. The first-order valence-corrected chi connectivity index (χ1v) is 7.47. The van der Waals surface area contributed by atoms with E-state index in [1.54, 1.807) is 12.1 Å². The van der Waals surface area contributed by atoms with E-state index < -0.39 is 0 Å². The van der Waals surface area contributed by atoms with Gasteiger partial charge in [0.1, 0.15) is 0 Å². The summed E-state index contributed by atoms with van der Waals surface area (Å²) in [4.78, 5) is 4.54. The third-order valence-electron chi connectivity index (χ3n) is 2.98. The van der Waals surface area contributed by atoms with Gasteiger partial charge in [-0.15, -0.1) is 0 Å². The molecular formula is C16H27N3O3. The number of nitrogens with one attached hydrogen (secondary N) is 2. The van der Waals surface area contributed by atoms with E-state index in [0.29, 0.717) is 24.0 Å². The van der Waals surface area contributed by atoms with Crippen molar-refractivity contribution in [2.75, 3.05) is 27.3 Å². The Morgan fingerprint density at radius 1 is 1.18 bits per heavy atom. The standard InChI is InChI=1S/C16H27N3O3/c1-6-17-16(18-9-11(2)3)19-10-12-7-13(21-4)15(20)14(8-12)22-5/h7-8,11,20H,6,9-10H2,1-5H3,(H2,17,18,19). The lowest BCUT2D eigenvalue weighted by Gasteiger charge is -2.14. The maximum atomic E-state index is 9.91. The lowest BCUT2D eigenvalue weighted by molar-refractivity contribution is 0.339. The topological polar surface area (TPSA) is 75.1 Å². The lowest BCUT2D eigenvalue weighted by atomic mass is 10.2. The number of guanidine groups is 1. The van der Waals surface area contributed by atoms with Crippen LogP contribution >= 0.6 is 0 Å². The zero-order valence-electron chi connectivity index (χ0n) is 14.1. The quantitative estimate of drug-likeness (QED) is 0.531. The van der Waals surface area contributed by atoms with Crippen LogP contribution < -0.4 is 20.1 Å². The van der Waals surface area contributed by atoms with Crippen LogP contribution in [0.4, 0.5) is 0 Å². The summed E-state index contributed by atoms with van der Waals surface area (Å²) in [5.74, 6) is 2.07. The van der Waals surface area contributed by atoms with E-state index in [2.05, 4.69) is 29.5 Å². The summed E-state index contributed by atoms with van der Waals surface area (Å²) in [7, 11) is 3.02.